The van der Waals surface area contributed by atoms with Gasteiger partial charge in [-0.05, 0) is 24.4 Å². The highest BCUT2D eigenvalue weighted by Crippen LogP contribution is 2.05. The number of azide groups is 1. The van der Waals surface area contributed by atoms with Crippen LogP contribution in [-0.2, 0) is 0 Å². The van der Waals surface area contributed by atoms with Crippen LogP contribution in [0, 0.1) is 6.92 Å². The first-order valence-electron chi connectivity index (χ1n) is 4.57. The Labute approximate surface area is 83.7 Å². The Kier molecular flexibility index (Phi) is 4.32. The zero-order chi connectivity index (χ0) is 10.2. The molecule has 0 amide bonds. The highest BCUT2D eigenvalue weighted by Gasteiger charge is 1.85. The minimum atomic E-state index is 0.527. The third-order valence-corrected chi connectivity index (χ3v) is 1.85. The van der Waals surface area contributed by atoms with Crippen molar-refractivity contribution >= 4 is 6.08 Å². The molecule has 0 aliphatic heterocycles. The number of benzene rings is 1. The molecule has 0 saturated carbocycles. The van der Waals surface area contributed by atoms with E-state index in [1.807, 2.05) is 12.2 Å². The smallest absolute Gasteiger partial charge is 0.0292 e. The van der Waals surface area contributed by atoms with Crippen molar-refractivity contribution < 1.29 is 0 Å². The van der Waals surface area contributed by atoms with Crippen molar-refractivity contribution in [3.8, 4) is 0 Å². The summed E-state index contributed by atoms with van der Waals surface area (Å²) in [6, 6.07) is 8.29. The van der Waals surface area contributed by atoms with Crippen LogP contribution >= 0.6 is 0 Å². The number of nitrogens with zero attached hydrogens (tertiary/aromatic N) is 3. The summed E-state index contributed by atoms with van der Waals surface area (Å²) in [5, 5.41) is 3.45. The van der Waals surface area contributed by atoms with Crippen molar-refractivity contribution in [2.45, 2.75) is 13.3 Å². The van der Waals surface area contributed by atoms with E-state index in [2.05, 4.69) is 41.2 Å². The average Bonchev–Trinajstić information content (AvgIpc) is 2.21. The summed E-state index contributed by atoms with van der Waals surface area (Å²) in [7, 11) is 0. The van der Waals surface area contributed by atoms with Crippen molar-refractivity contribution in [3.63, 3.8) is 0 Å². The van der Waals surface area contributed by atoms with Gasteiger partial charge in [-0.25, -0.2) is 0 Å². The first-order chi connectivity index (χ1) is 6.83. The lowest BCUT2D eigenvalue weighted by Gasteiger charge is -1.93. The van der Waals surface area contributed by atoms with Gasteiger partial charge in [-0.15, -0.1) is 0 Å². The molecular formula is C11H13N3. The zero-order valence-corrected chi connectivity index (χ0v) is 8.22. The highest BCUT2D eigenvalue weighted by atomic mass is 15.1. The number of rotatable bonds is 4. The highest BCUT2D eigenvalue weighted by molar-refractivity contribution is 5.49. The van der Waals surface area contributed by atoms with E-state index in [1.54, 1.807) is 0 Å². The lowest BCUT2D eigenvalue weighted by Crippen LogP contribution is -1.75. The molecule has 1 aromatic carbocycles. The Balaban J connectivity index is 2.43. The summed E-state index contributed by atoms with van der Waals surface area (Å²) in [6.45, 7) is 2.59. The topological polar surface area (TPSA) is 48.8 Å². The molecule has 1 aromatic rings. The van der Waals surface area contributed by atoms with Crippen molar-refractivity contribution in [1.82, 2.24) is 0 Å². The van der Waals surface area contributed by atoms with Gasteiger partial charge in [-0.3, -0.25) is 0 Å². The van der Waals surface area contributed by atoms with Gasteiger partial charge in [0.1, 0.15) is 0 Å². The lowest BCUT2D eigenvalue weighted by atomic mass is 10.1. The van der Waals surface area contributed by atoms with E-state index in [4.69, 9.17) is 5.53 Å². The summed E-state index contributed by atoms with van der Waals surface area (Å²) in [4.78, 5) is 2.68. The van der Waals surface area contributed by atoms with E-state index in [9.17, 15) is 0 Å². The Bertz CT molecular complexity index is 345. The van der Waals surface area contributed by atoms with Gasteiger partial charge in [0.2, 0.25) is 0 Å². The molecule has 0 saturated heterocycles. The molecule has 0 N–H and O–H groups in total. The molecule has 0 bridgehead atoms. The molecule has 0 aromatic heterocycles. The zero-order valence-electron chi connectivity index (χ0n) is 8.22. The molecule has 0 unspecified atom stereocenters. The van der Waals surface area contributed by atoms with E-state index in [0.717, 1.165) is 6.42 Å². The molecule has 0 aliphatic carbocycles. The molecule has 0 fully saturated rings. The molecule has 1 rings (SSSR count). The van der Waals surface area contributed by atoms with Crippen molar-refractivity contribution in [3.05, 3.63) is 51.9 Å². The third kappa shape index (κ3) is 3.78. The molecule has 0 aliphatic rings. The molecule has 0 atom stereocenters. The van der Waals surface area contributed by atoms with Gasteiger partial charge in [-0.2, -0.15) is 0 Å². The largest absolute Gasteiger partial charge is 0.0937 e. The van der Waals surface area contributed by atoms with Gasteiger partial charge in [0.15, 0.2) is 0 Å². The molecular weight excluding hydrogens is 174 g/mol. The van der Waals surface area contributed by atoms with Crippen LogP contribution in [0.1, 0.15) is 17.5 Å². The predicted molar refractivity (Wildman–Crippen MR) is 58.8 cm³/mol. The Morgan fingerprint density at radius 2 is 2.07 bits per heavy atom. The van der Waals surface area contributed by atoms with Crippen LogP contribution in [0.3, 0.4) is 0 Å². The predicted octanol–water partition coefficient (Wildman–Crippen LogP) is 3.71. The molecule has 3 heteroatoms. The molecule has 3 nitrogen and oxygen atoms in total. The molecule has 14 heavy (non-hydrogen) atoms. The standard InChI is InChI=1S/C11H13N3/c1-10-5-7-11(8-6-10)4-2-3-9-13-14-12/h2,4-8H,3,9H2,1H3/b4-2+. The fraction of sp³-hybridized carbons (Fsp3) is 0.273. The second-order valence-electron chi connectivity index (χ2n) is 3.06. The molecule has 72 valence electrons. The van der Waals surface area contributed by atoms with Crippen LogP contribution in [-0.4, -0.2) is 6.54 Å². The van der Waals surface area contributed by atoms with E-state index in [1.165, 1.54) is 11.1 Å². The molecule has 0 heterocycles. The van der Waals surface area contributed by atoms with Crippen molar-refractivity contribution in [2.24, 2.45) is 5.11 Å². The number of aryl methyl sites for hydroxylation is 1. The normalized spacial score (nSPS) is 10.1. The Hall–Kier alpha value is -1.73. The van der Waals surface area contributed by atoms with Crippen LogP contribution in [0.15, 0.2) is 35.5 Å². The van der Waals surface area contributed by atoms with Crippen LogP contribution in [0.25, 0.3) is 16.5 Å². The number of hydrogen-bond donors (Lipinski definition) is 0. The molecule has 0 radical (unpaired) electrons. The van der Waals surface area contributed by atoms with E-state index in [-0.39, 0.29) is 0 Å². The van der Waals surface area contributed by atoms with Gasteiger partial charge in [-0.1, -0.05) is 47.1 Å². The average molecular weight is 187 g/mol. The number of hydrogen-bond acceptors (Lipinski definition) is 1. The van der Waals surface area contributed by atoms with Gasteiger partial charge in [0, 0.05) is 11.5 Å². The summed E-state index contributed by atoms with van der Waals surface area (Å²) >= 11 is 0. The van der Waals surface area contributed by atoms with Gasteiger partial charge in [0.05, 0.1) is 0 Å². The fourth-order valence-corrected chi connectivity index (χ4v) is 1.07. The SMILES string of the molecule is Cc1ccc(/C=C/CCN=[N+]=[N-])cc1. The van der Waals surface area contributed by atoms with Gasteiger partial charge >= 0.3 is 0 Å². The van der Waals surface area contributed by atoms with Crippen LogP contribution in [0.4, 0.5) is 0 Å². The van der Waals surface area contributed by atoms with E-state index >= 15 is 0 Å². The second kappa shape index (κ2) is 5.84. The van der Waals surface area contributed by atoms with Gasteiger partial charge in [0.25, 0.3) is 0 Å². The minimum absolute atomic E-state index is 0.527. The fourth-order valence-electron chi connectivity index (χ4n) is 1.07. The quantitative estimate of drug-likeness (QED) is 0.298. The molecule has 0 spiro atoms. The lowest BCUT2D eigenvalue weighted by molar-refractivity contribution is 0.996. The van der Waals surface area contributed by atoms with Gasteiger partial charge < -0.3 is 0 Å². The summed E-state index contributed by atoms with van der Waals surface area (Å²) in [5.41, 5.74) is 10.5. The summed E-state index contributed by atoms with van der Waals surface area (Å²) in [5.74, 6) is 0. The van der Waals surface area contributed by atoms with Crippen LogP contribution < -0.4 is 0 Å². The van der Waals surface area contributed by atoms with Crippen LogP contribution in [0.5, 0.6) is 0 Å². The monoisotopic (exact) mass is 187 g/mol. The van der Waals surface area contributed by atoms with Crippen molar-refractivity contribution in [2.75, 3.05) is 6.54 Å². The maximum absolute atomic E-state index is 8.05. The van der Waals surface area contributed by atoms with Crippen LogP contribution in [0.2, 0.25) is 0 Å². The summed E-state index contributed by atoms with van der Waals surface area (Å²) in [6.07, 6.45) is 4.84. The Morgan fingerprint density at radius 1 is 1.36 bits per heavy atom. The Morgan fingerprint density at radius 3 is 2.71 bits per heavy atom. The minimum Gasteiger partial charge on any atom is -0.0937 e. The van der Waals surface area contributed by atoms with Crippen molar-refractivity contribution in [1.29, 1.82) is 0 Å². The van der Waals surface area contributed by atoms with E-state index < -0.39 is 0 Å². The van der Waals surface area contributed by atoms with E-state index in [0.29, 0.717) is 6.54 Å². The maximum atomic E-state index is 8.05. The second-order valence-corrected chi connectivity index (χ2v) is 3.06. The maximum Gasteiger partial charge on any atom is 0.0292 e. The third-order valence-electron chi connectivity index (χ3n) is 1.85. The summed E-state index contributed by atoms with van der Waals surface area (Å²) < 4.78 is 0. The first kappa shape index (κ1) is 10.4. The first-order valence-corrected chi connectivity index (χ1v) is 4.57.